The van der Waals surface area contributed by atoms with Crippen LogP contribution in [0.25, 0.3) is 0 Å². The first kappa shape index (κ1) is 12.5. The van der Waals surface area contributed by atoms with Gasteiger partial charge in [0.1, 0.15) is 4.47 Å². The average Bonchev–Trinajstić information content (AvgIpc) is 2.20. The van der Waals surface area contributed by atoms with Crippen LogP contribution in [-0.4, -0.2) is 21.1 Å². The lowest BCUT2D eigenvalue weighted by atomic mass is 10.1. The van der Waals surface area contributed by atoms with E-state index in [1.54, 1.807) is 0 Å². The maximum Gasteiger partial charge on any atom is 0.337 e. The predicted octanol–water partition coefficient (Wildman–Crippen LogP) is 1.61. The van der Waals surface area contributed by atoms with Crippen LogP contribution in [0.5, 0.6) is 0 Å². The highest BCUT2D eigenvalue weighted by atomic mass is 79.9. The second-order valence-electron chi connectivity index (χ2n) is 2.80. The summed E-state index contributed by atoms with van der Waals surface area (Å²) in [5, 5.41) is 28.0. The molecule has 0 saturated heterocycles. The van der Waals surface area contributed by atoms with Gasteiger partial charge in [-0.15, -0.1) is 0 Å². The van der Waals surface area contributed by atoms with E-state index in [1.165, 1.54) is 0 Å². The van der Waals surface area contributed by atoms with Crippen molar-refractivity contribution in [2.45, 2.75) is 6.10 Å². The summed E-state index contributed by atoms with van der Waals surface area (Å²) in [4.78, 5) is 20.0. The number of nitrogens with zero attached hydrogens (tertiary/aromatic N) is 1. The van der Waals surface area contributed by atoms with Gasteiger partial charge in [0.05, 0.1) is 4.92 Å². The molecule has 86 valence electrons. The smallest absolute Gasteiger partial charge is 0.337 e. The fourth-order valence-electron chi connectivity index (χ4n) is 1.04. The van der Waals surface area contributed by atoms with Crippen molar-refractivity contribution in [3.05, 3.63) is 38.1 Å². The Morgan fingerprint density at radius 2 is 2.12 bits per heavy atom. The maximum absolute atomic E-state index is 13.5. The molecule has 1 aromatic carbocycles. The Kier molecular flexibility index (Phi) is 3.55. The molecule has 0 amide bonds. The predicted molar refractivity (Wildman–Crippen MR) is 53.4 cm³/mol. The lowest BCUT2D eigenvalue weighted by molar-refractivity contribution is -0.385. The summed E-state index contributed by atoms with van der Waals surface area (Å²) in [6.07, 6.45) is -2.06. The highest BCUT2D eigenvalue weighted by Crippen LogP contribution is 2.32. The number of aliphatic hydroxyl groups is 1. The standard InChI is InChI=1S/C8H5BrFNO5/c9-5-4(11(15)16)2-1-3(6(5)10)7(12)8(13)14/h1-2,7,12H,(H,13,14). The minimum Gasteiger partial charge on any atom is -0.479 e. The van der Waals surface area contributed by atoms with Gasteiger partial charge >= 0.3 is 5.97 Å². The first-order valence-corrected chi connectivity index (χ1v) is 4.68. The molecule has 1 unspecified atom stereocenters. The molecule has 6 nitrogen and oxygen atoms in total. The van der Waals surface area contributed by atoms with E-state index in [0.29, 0.717) is 0 Å². The van der Waals surface area contributed by atoms with E-state index in [-0.39, 0.29) is 0 Å². The van der Waals surface area contributed by atoms with Crippen molar-refractivity contribution in [3.63, 3.8) is 0 Å². The van der Waals surface area contributed by atoms with E-state index in [0.717, 1.165) is 12.1 Å². The van der Waals surface area contributed by atoms with E-state index in [1.807, 2.05) is 0 Å². The summed E-state index contributed by atoms with van der Waals surface area (Å²) in [7, 11) is 0. The molecule has 0 spiro atoms. The SMILES string of the molecule is O=C(O)C(O)c1ccc([N+](=O)[O-])c(Br)c1F. The Morgan fingerprint density at radius 1 is 1.56 bits per heavy atom. The van der Waals surface area contributed by atoms with Crippen molar-refractivity contribution < 1.29 is 24.3 Å². The summed E-state index contributed by atoms with van der Waals surface area (Å²) in [6, 6.07) is 1.77. The number of aliphatic carboxylic acids is 1. The van der Waals surface area contributed by atoms with Crippen molar-refractivity contribution in [2.24, 2.45) is 0 Å². The highest BCUT2D eigenvalue weighted by molar-refractivity contribution is 9.10. The summed E-state index contributed by atoms with van der Waals surface area (Å²) >= 11 is 2.63. The van der Waals surface area contributed by atoms with Crippen molar-refractivity contribution >= 4 is 27.6 Å². The van der Waals surface area contributed by atoms with Crippen LogP contribution in [0.15, 0.2) is 16.6 Å². The van der Waals surface area contributed by atoms with Crippen LogP contribution in [0, 0.1) is 15.9 Å². The van der Waals surface area contributed by atoms with E-state index in [9.17, 15) is 19.3 Å². The number of halogens is 2. The Morgan fingerprint density at radius 3 is 2.56 bits per heavy atom. The molecule has 8 heteroatoms. The van der Waals surface area contributed by atoms with Crippen LogP contribution in [0.4, 0.5) is 10.1 Å². The van der Waals surface area contributed by atoms with E-state index in [2.05, 4.69) is 15.9 Å². The molecule has 16 heavy (non-hydrogen) atoms. The average molecular weight is 294 g/mol. The zero-order valence-electron chi connectivity index (χ0n) is 7.55. The van der Waals surface area contributed by atoms with Crippen molar-refractivity contribution in [1.82, 2.24) is 0 Å². The number of aliphatic hydroxyl groups excluding tert-OH is 1. The number of hydrogen-bond acceptors (Lipinski definition) is 4. The Balaban J connectivity index is 3.32. The van der Waals surface area contributed by atoms with E-state index in [4.69, 9.17) is 10.2 Å². The van der Waals surface area contributed by atoms with Crippen molar-refractivity contribution in [3.8, 4) is 0 Å². The molecule has 1 aromatic rings. The normalized spacial score (nSPS) is 12.2. The van der Waals surface area contributed by atoms with E-state index < -0.39 is 38.5 Å². The fraction of sp³-hybridized carbons (Fsp3) is 0.125. The number of benzene rings is 1. The third-order valence-electron chi connectivity index (χ3n) is 1.82. The number of carboxylic acid groups (broad SMARTS) is 1. The molecule has 0 radical (unpaired) electrons. The van der Waals surface area contributed by atoms with Gasteiger partial charge in [-0.05, 0) is 22.0 Å². The second kappa shape index (κ2) is 4.54. The molecule has 0 fully saturated rings. The quantitative estimate of drug-likeness (QED) is 0.651. The van der Waals surface area contributed by atoms with Gasteiger partial charge < -0.3 is 10.2 Å². The lowest BCUT2D eigenvalue weighted by Gasteiger charge is -2.08. The first-order valence-electron chi connectivity index (χ1n) is 3.89. The lowest BCUT2D eigenvalue weighted by Crippen LogP contribution is -2.12. The molecule has 0 aliphatic carbocycles. The maximum atomic E-state index is 13.5. The molecule has 0 bridgehead atoms. The van der Waals surface area contributed by atoms with Gasteiger partial charge in [-0.25, -0.2) is 9.18 Å². The van der Waals surface area contributed by atoms with Gasteiger partial charge in [0, 0.05) is 11.6 Å². The summed E-state index contributed by atoms with van der Waals surface area (Å²) in [5.74, 6) is -2.80. The number of hydrogen-bond donors (Lipinski definition) is 2. The Labute approximate surface area is 96.6 Å². The van der Waals surface area contributed by atoms with Crippen LogP contribution in [0.3, 0.4) is 0 Å². The van der Waals surface area contributed by atoms with Gasteiger partial charge in [-0.1, -0.05) is 0 Å². The van der Waals surface area contributed by atoms with Gasteiger partial charge in [0.15, 0.2) is 11.9 Å². The van der Waals surface area contributed by atoms with Crippen LogP contribution in [0.2, 0.25) is 0 Å². The topological polar surface area (TPSA) is 101 Å². The zero-order valence-corrected chi connectivity index (χ0v) is 9.14. The molecule has 0 saturated carbocycles. The zero-order chi connectivity index (χ0) is 12.5. The number of nitro benzene ring substituents is 1. The van der Waals surface area contributed by atoms with Crippen molar-refractivity contribution in [1.29, 1.82) is 0 Å². The number of rotatable bonds is 3. The first-order chi connectivity index (χ1) is 7.36. The van der Waals surface area contributed by atoms with Crippen molar-refractivity contribution in [2.75, 3.05) is 0 Å². The minimum absolute atomic E-state index is 0.490. The number of carbonyl (C=O) groups is 1. The molecule has 0 aliphatic rings. The summed E-state index contributed by atoms with van der Waals surface area (Å²) in [5.41, 5.74) is -1.08. The molecular weight excluding hydrogens is 289 g/mol. The van der Waals surface area contributed by atoms with E-state index >= 15 is 0 Å². The molecule has 1 atom stereocenters. The van der Waals surface area contributed by atoms with Crippen LogP contribution in [-0.2, 0) is 4.79 Å². The van der Waals surface area contributed by atoms with Gasteiger partial charge in [-0.2, -0.15) is 0 Å². The van der Waals surface area contributed by atoms with Crippen LogP contribution >= 0.6 is 15.9 Å². The summed E-state index contributed by atoms with van der Waals surface area (Å²) in [6.45, 7) is 0. The Hall–Kier alpha value is -1.54. The van der Waals surface area contributed by atoms with Crippen LogP contribution < -0.4 is 0 Å². The van der Waals surface area contributed by atoms with Crippen LogP contribution in [0.1, 0.15) is 11.7 Å². The molecular formula is C8H5BrFNO5. The third-order valence-corrected chi connectivity index (χ3v) is 2.57. The number of nitro groups is 1. The highest BCUT2D eigenvalue weighted by Gasteiger charge is 2.26. The monoisotopic (exact) mass is 293 g/mol. The van der Waals surface area contributed by atoms with Gasteiger partial charge in [0.2, 0.25) is 0 Å². The molecule has 0 aliphatic heterocycles. The number of carboxylic acids is 1. The largest absolute Gasteiger partial charge is 0.479 e. The molecule has 2 N–H and O–H groups in total. The second-order valence-corrected chi connectivity index (χ2v) is 3.59. The fourth-order valence-corrected chi connectivity index (χ4v) is 1.55. The molecule has 1 rings (SSSR count). The molecule has 0 aromatic heterocycles. The minimum atomic E-state index is -2.06. The molecule has 0 heterocycles. The Bertz CT molecular complexity index is 464. The third kappa shape index (κ3) is 2.17. The summed E-state index contributed by atoms with van der Waals surface area (Å²) < 4.78 is 13.0. The van der Waals surface area contributed by atoms with Gasteiger partial charge in [-0.3, -0.25) is 10.1 Å². The van der Waals surface area contributed by atoms with Gasteiger partial charge in [0.25, 0.3) is 5.69 Å².